The zero-order valence-corrected chi connectivity index (χ0v) is 13.3. The van der Waals surface area contributed by atoms with E-state index < -0.39 is 10.0 Å². The summed E-state index contributed by atoms with van der Waals surface area (Å²) in [5, 5.41) is 14.1. The Balaban J connectivity index is 1.71. The van der Waals surface area contributed by atoms with Crippen LogP contribution in [-0.4, -0.2) is 29.0 Å². The summed E-state index contributed by atoms with van der Waals surface area (Å²) in [6.45, 7) is 0. The average Bonchev–Trinajstić information content (AvgIpc) is 3.04. The Kier molecular flexibility index (Phi) is 4.26. The number of tetrazole rings is 1. The third kappa shape index (κ3) is 4.05. The summed E-state index contributed by atoms with van der Waals surface area (Å²) in [7, 11) is -3.51. The minimum absolute atomic E-state index is 0.128. The number of nitrogens with one attached hydrogen (secondary N) is 2. The minimum atomic E-state index is -3.51. The lowest BCUT2D eigenvalue weighted by atomic mass is 10.2. The van der Waals surface area contributed by atoms with E-state index in [0.717, 1.165) is 5.56 Å². The number of hydrogen-bond acceptors (Lipinski definition) is 5. The molecule has 9 heteroatoms. The fraction of sp³-hybridized carbons (Fsp3) is 0.0714. The number of halogens is 1. The van der Waals surface area contributed by atoms with E-state index in [4.69, 9.17) is 11.6 Å². The molecule has 1 aromatic heterocycles. The Morgan fingerprint density at radius 3 is 2.35 bits per heavy atom. The number of rotatable bonds is 5. The SMILES string of the molecule is O=S(=O)(Cc1ccc(Cl)cc1)Nc1ccc(-c2nn[nH]n2)cc1. The van der Waals surface area contributed by atoms with Crippen LogP contribution in [-0.2, 0) is 15.8 Å². The van der Waals surface area contributed by atoms with Gasteiger partial charge in [0.1, 0.15) is 0 Å². The predicted molar refractivity (Wildman–Crippen MR) is 87.3 cm³/mol. The summed E-state index contributed by atoms with van der Waals surface area (Å²) in [5.41, 5.74) is 1.86. The summed E-state index contributed by atoms with van der Waals surface area (Å²) in [6, 6.07) is 13.4. The molecule has 0 saturated carbocycles. The van der Waals surface area contributed by atoms with Gasteiger partial charge >= 0.3 is 0 Å². The second-order valence-corrected chi connectivity index (χ2v) is 6.96. The maximum atomic E-state index is 12.2. The summed E-state index contributed by atoms with van der Waals surface area (Å²) in [4.78, 5) is 0. The minimum Gasteiger partial charge on any atom is -0.283 e. The van der Waals surface area contributed by atoms with Crippen LogP contribution in [0.2, 0.25) is 5.02 Å². The van der Waals surface area contributed by atoms with Crippen molar-refractivity contribution in [2.24, 2.45) is 0 Å². The van der Waals surface area contributed by atoms with Gasteiger partial charge in [0.05, 0.1) is 5.75 Å². The Hall–Kier alpha value is -2.45. The van der Waals surface area contributed by atoms with E-state index in [0.29, 0.717) is 22.1 Å². The van der Waals surface area contributed by atoms with Gasteiger partial charge in [0.2, 0.25) is 15.8 Å². The molecule has 0 aliphatic heterocycles. The van der Waals surface area contributed by atoms with Crippen molar-refractivity contribution in [1.29, 1.82) is 0 Å². The molecule has 118 valence electrons. The van der Waals surface area contributed by atoms with Gasteiger partial charge in [-0.2, -0.15) is 5.21 Å². The van der Waals surface area contributed by atoms with Crippen LogP contribution in [0.15, 0.2) is 48.5 Å². The monoisotopic (exact) mass is 349 g/mol. The summed E-state index contributed by atoms with van der Waals surface area (Å²) >= 11 is 5.79. The van der Waals surface area contributed by atoms with Crippen LogP contribution < -0.4 is 4.72 Å². The van der Waals surface area contributed by atoms with E-state index in [2.05, 4.69) is 25.3 Å². The largest absolute Gasteiger partial charge is 0.283 e. The highest BCUT2D eigenvalue weighted by molar-refractivity contribution is 7.91. The molecular formula is C14H12ClN5O2S. The molecule has 2 N–H and O–H groups in total. The van der Waals surface area contributed by atoms with Crippen molar-refractivity contribution in [3.63, 3.8) is 0 Å². The number of aromatic amines is 1. The first-order valence-electron chi connectivity index (χ1n) is 6.61. The molecule has 0 radical (unpaired) electrons. The van der Waals surface area contributed by atoms with Gasteiger partial charge in [0, 0.05) is 16.3 Å². The van der Waals surface area contributed by atoms with Crippen LogP contribution in [0.5, 0.6) is 0 Å². The van der Waals surface area contributed by atoms with Crippen molar-refractivity contribution < 1.29 is 8.42 Å². The molecule has 0 atom stereocenters. The van der Waals surface area contributed by atoms with E-state index in [-0.39, 0.29) is 5.75 Å². The normalized spacial score (nSPS) is 11.3. The third-order valence-corrected chi connectivity index (χ3v) is 4.54. The first kappa shape index (κ1) is 15.4. The maximum absolute atomic E-state index is 12.2. The lowest BCUT2D eigenvalue weighted by molar-refractivity contribution is 0.600. The molecule has 2 aromatic carbocycles. The Morgan fingerprint density at radius 2 is 1.74 bits per heavy atom. The Bertz CT molecular complexity index is 878. The summed E-state index contributed by atoms with van der Waals surface area (Å²) in [5.74, 6) is 0.317. The lowest BCUT2D eigenvalue weighted by Gasteiger charge is -2.08. The first-order chi connectivity index (χ1) is 11.0. The highest BCUT2D eigenvalue weighted by Gasteiger charge is 2.12. The highest BCUT2D eigenvalue weighted by Crippen LogP contribution is 2.19. The molecule has 0 aliphatic rings. The first-order valence-corrected chi connectivity index (χ1v) is 8.64. The molecule has 3 rings (SSSR count). The predicted octanol–water partition coefficient (Wildman–Crippen LogP) is 2.46. The standard InChI is InChI=1S/C14H12ClN5O2S/c15-12-5-1-10(2-6-12)9-23(21,22)18-13-7-3-11(4-8-13)14-16-19-20-17-14/h1-8,18H,9H2,(H,16,17,19,20). The van der Waals surface area contributed by atoms with Crippen molar-refractivity contribution >= 4 is 27.3 Å². The number of hydrogen-bond donors (Lipinski definition) is 2. The van der Waals surface area contributed by atoms with Gasteiger partial charge < -0.3 is 0 Å². The van der Waals surface area contributed by atoms with Gasteiger partial charge in [0.15, 0.2) is 0 Å². The van der Waals surface area contributed by atoms with Gasteiger partial charge in [0.25, 0.3) is 0 Å². The average molecular weight is 350 g/mol. The van der Waals surface area contributed by atoms with Gasteiger partial charge in [-0.1, -0.05) is 23.7 Å². The fourth-order valence-corrected chi connectivity index (χ4v) is 3.31. The zero-order valence-electron chi connectivity index (χ0n) is 11.8. The van der Waals surface area contributed by atoms with E-state index in [1.54, 1.807) is 48.5 Å². The molecule has 0 aliphatic carbocycles. The van der Waals surface area contributed by atoms with Crippen LogP contribution in [0.3, 0.4) is 0 Å². The van der Waals surface area contributed by atoms with Gasteiger partial charge in [-0.05, 0) is 47.2 Å². The third-order valence-electron chi connectivity index (χ3n) is 3.03. The van der Waals surface area contributed by atoms with Crippen LogP contribution in [0.25, 0.3) is 11.4 Å². The Morgan fingerprint density at radius 1 is 1.04 bits per heavy atom. The number of H-pyrrole nitrogens is 1. The van der Waals surface area contributed by atoms with Crippen LogP contribution in [0.1, 0.15) is 5.56 Å². The van der Waals surface area contributed by atoms with Crippen molar-refractivity contribution in [2.45, 2.75) is 5.75 Å². The van der Waals surface area contributed by atoms with Crippen molar-refractivity contribution in [3.8, 4) is 11.4 Å². The van der Waals surface area contributed by atoms with Gasteiger partial charge in [-0.25, -0.2) is 8.42 Å². The fourth-order valence-electron chi connectivity index (χ4n) is 1.99. The lowest BCUT2D eigenvalue weighted by Crippen LogP contribution is -2.14. The molecule has 0 unspecified atom stereocenters. The summed E-state index contributed by atoms with van der Waals surface area (Å²) in [6.07, 6.45) is 0. The molecule has 1 heterocycles. The van der Waals surface area contributed by atoms with E-state index in [9.17, 15) is 8.42 Å². The molecule has 23 heavy (non-hydrogen) atoms. The number of anilines is 1. The van der Waals surface area contributed by atoms with Crippen molar-refractivity contribution in [3.05, 3.63) is 59.1 Å². The topological polar surface area (TPSA) is 101 Å². The van der Waals surface area contributed by atoms with Crippen molar-refractivity contribution in [1.82, 2.24) is 20.6 Å². The number of benzene rings is 2. The molecule has 0 amide bonds. The molecule has 0 saturated heterocycles. The number of aromatic nitrogens is 4. The number of sulfonamides is 1. The number of nitrogens with zero attached hydrogens (tertiary/aromatic N) is 3. The Labute approximate surface area is 137 Å². The second-order valence-electron chi connectivity index (χ2n) is 4.80. The molecule has 0 fully saturated rings. The quantitative estimate of drug-likeness (QED) is 0.736. The van der Waals surface area contributed by atoms with Crippen LogP contribution in [0, 0.1) is 0 Å². The second kappa shape index (κ2) is 6.35. The highest BCUT2D eigenvalue weighted by atomic mass is 35.5. The molecule has 0 spiro atoms. The maximum Gasteiger partial charge on any atom is 0.236 e. The van der Waals surface area contributed by atoms with Gasteiger partial charge in [-0.3, -0.25) is 4.72 Å². The molecule has 7 nitrogen and oxygen atoms in total. The van der Waals surface area contributed by atoms with E-state index >= 15 is 0 Å². The molecule has 0 bridgehead atoms. The smallest absolute Gasteiger partial charge is 0.236 e. The van der Waals surface area contributed by atoms with Crippen molar-refractivity contribution in [2.75, 3.05) is 4.72 Å². The summed E-state index contributed by atoms with van der Waals surface area (Å²) < 4.78 is 26.9. The molecule has 3 aromatic rings. The van der Waals surface area contributed by atoms with Crippen LogP contribution in [0.4, 0.5) is 5.69 Å². The van der Waals surface area contributed by atoms with Crippen LogP contribution >= 0.6 is 11.6 Å². The van der Waals surface area contributed by atoms with Gasteiger partial charge in [-0.15, -0.1) is 10.2 Å². The van der Waals surface area contributed by atoms with E-state index in [1.165, 1.54) is 0 Å². The molecular weight excluding hydrogens is 338 g/mol. The van der Waals surface area contributed by atoms with E-state index in [1.807, 2.05) is 0 Å². The zero-order chi connectivity index (χ0) is 16.3.